The standard InChI is InChI=1S/C12H17N3S/c1-8-9(12(7-13)6-11(12,2)3)15-4-5-16-10(15)14-8/h4-5H,6-7,13H2,1-3H3. The maximum absolute atomic E-state index is 6.03. The second kappa shape index (κ2) is 2.87. The Labute approximate surface area is 99.3 Å². The first kappa shape index (κ1) is 10.3. The van der Waals surface area contributed by atoms with Gasteiger partial charge in [-0.2, -0.15) is 0 Å². The fraction of sp³-hybridized carbons (Fsp3) is 0.583. The molecule has 0 amide bonds. The van der Waals surface area contributed by atoms with Gasteiger partial charge < -0.3 is 5.73 Å². The fourth-order valence-corrected chi connectivity index (χ4v) is 3.79. The predicted octanol–water partition coefficient (Wildman–Crippen LogP) is 2.33. The van der Waals surface area contributed by atoms with Crippen LogP contribution in [0.5, 0.6) is 0 Å². The number of nitrogens with zero attached hydrogens (tertiary/aromatic N) is 2. The number of rotatable bonds is 2. The number of aromatic nitrogens is 2. The first-order valence-corrected chi connectivity index (χ1v) is 6.52. The van der Waals surface area contributed by atoms with Crippen LogP contribution in [0.1, 0.15) is 31.7 Å². The summed E-state index contributed by atoms with van der Waals surface area (Å²) in [4.78, 5) is 5.70. The normalized spacial score (nSPS) is 27.5. The van der Waals surface area contributed by atoms with Gasteiger partial charge in [0.2, 0.25) is 0 Å². The Hall–Kier alpha value is -0.870. The van der Waals surface area contributed by atoms with Crippen molar-refractivity contribution >= 4 is 16.3 Å². The number of hydrogen-bond acceptors (Lipinski definition) is 3. The van der Waals surface area contributed by atoms with Gasteiger partial charge in [-0.3, -0.25) is 4.40 Å². The molecule has 2 N–H and O–H groups in total. The summed E-state index contributed by atoms with van der Waals surface area (Å²) in [5, 5.41) is 2.09. The maximum Gasteiger partial charge on any atom is 0.194 e. The molecule has 1 saturated carbocycles. The Bertz CT molecular complexity index is 552. The summed E-state index contributed by atoms with van der Waals surface area (Å²) in [7, 11) is 0. The van der Waals surface area contributed by atoms with Gasteiger partial charge in [0.25, 0.3) is 0 Å². The first-order chi connectivity index (χ1) is 7.52. The van der Waals surface area contributed by atoms with E-state index in [1.807, 2.05) is 0 Å². The molecule has 1 aliphatic carbocycles. The maximum atomic E-state index is 6.03. The quantitative estimate of drug-likeness (QED) is 0.868. The highest BCUT2D eigenvalue weighted by molar-refractivity contribution is 7.15. The van der Waals surface area contributed by atoms with E-state index in [1.54, 1.807) is 11.3 Å². The average molecular weight is 235 g/mol. The molecule has 4 heteroatoms. The summed E-state index contributed by atoms with van der Waals surface area (Å²) < 4.78 is 2.22. The molecule has 1 fully saturated rings. The van der Waals surface area contributed by atoms with Crippen molar-refractivity contribution in [2.24, 2.45) is 11.1 Å². The van der Waals surface area contributed by atoms with Crippen LogP contribution in [0.3, 0.4) is 0 Å². The predicted molar refractivity (Wildman–Crippen MR) is 66.9 cm³/mol. The number of nitrogens with two attached hydrogens (primary N) is 1. The highest BCUT2D eigenvalue weighted by Gasteiger charge is 2.63. The van der Waals surface area contributed by atoms with Gasteiger partial charge in [0, 0.05) is 23.5 Å². The number of fused-ring (bicyclic) bond motifs is 1. The van der Waals surface area contributed by atoms with Crippen LogP contribution < -0.4 is 5.73 Å². The van der Waals surface area contributed by atoms with Crippen molar-refractivity contribution in [3.63, 3.8) is 0 Å². The van der Waals surface area contributed by atoms with Crippen molar-refractivity contribution in [2.45, 2.75) is 32.6 Å². The minimum absolute atomic E-state index is 0.136. The molecule has 86 valence electrons. The van der Waals surface area contributed by atoms with E-state index >= 15 is 0 Å². The lowest BCUT2D eigenvalue weighted by Crippen LogP contribution is -2.27. The van der Waals surface area contributed by atoms with Gasteiger partial charge in [0.1, 0.15) is 0 Å². The third kappa shape index (κ3) is 1.04. The van der Waals surface area contributed by atoms with E-state index in [-0.39, 0.29) is 5.41 Å². The second-order valence-electron chi connectivity index (χ2n) is 5.45. The topological polar surface area (TPSA) is 43.3 Å². The van der Waals surface area contributed by atoms with Crippen LogP contribution >= 0.6 is 11.3 Å². The molecule has 1 unspecified atom stereocenters. The molecule has 0 saturated heterocycles. The molecular weight excluding hydrogens is 218 g/mol. The summed E-state index contributed by atoms with van der Waals surface area (Å²) in [6, 6.07) is 0. The summed E-state index contributed by atoms with van der Waals surface area (Å²) in [5.74, 6) is 0. The summed E-state index contributed by atoms with van der Waals surface area (Å²) in [6.45, 7) is 7.40. The van der Waals surface area contributed by atoms with E-state index in [0.717, 1.165) is 10.7 Å². The lowest BCUT2D eigenvalue weighted by atomic mass is 9.91. The summed E-state index contributed by atoms with van der Waals surface area (Å²) >= 11 is 1.69. The zero-order chi connectivity index (χ0) is 11.6. The molecule has 3 nitrogen and oxygen atoms in total. The molecule has 16 heavy (non-hydrogen) atoms. The van der Waals surface area contributed by atoms with Crippen LogP contribution in [0.25, 0.3) is 4.96 Å². The van der Waals surface area contributed by atoms with E-state index in [4.69, 9.17) is 5.73 Å². The molecule has 3 rings (SSSR count). The molecule has 0 spiro atoms. The van der Waals surface area contributed by atoms with Crippen LogP contribution in [-0.2, 0) is 5.41 Å². The molecular formula is C12H17N3S. The van der Waals surface area contributed by atoms with Crippen molar-refractivity contribution in [2.75, 3.05) is 6.54 Å². The van der Waals surface area contributed by atoms with Gasteiger partial charge in [-0.25, -0.2) is 4.98 Å². The van der Waals surface area contributed by atoms with E-state index in [1.165, 1.54) is 12.1 Å². The molecule has 0 radical (unpaired) electrons. The Morgan fingerprint density at radius 2 is 2.25 bits per heavy atom. The molecule has 2 aromatic heterocycles. The molecule has 1 aliphatic rings. The zero-order valence-electron chi connectivity index (χ0n) is 9.95. The van der Waals surface area contributed by atoms with Gasteiger partial charge >= 0.3 is 0 Å². The summed E-state index contributed by atoms with van der Waals surface area (Å²) in [6.07, 6.45) is 3.28. The zero-order valence-corrected chi connectivity index (χ0v) is 10.8. The highest BCUT2D eigenvalue weighted by atomic mass is 32.1. The number of aryl methyl sites for hydroxylation is 1. The first-order valence-electron chi connectivity index (χ1n) is 5.64. The monoisotopic (exact) mass is 235 g/mol. The van der Waals surface area contributed by atoms with E-state index in [0.29, 0.717) is 12.0 Å². The molecule has 0 aromatic carbocycles. The molecule has 0 bridgehead atoms. The smallest absolute Gasteiger partial charge is 0.194 e. The minimum Gasteiger partial charge on any atom is -0.330 e. The number of thiazole rings is 1. The second-order valence-corrected chi connectivity index (χ2v) is 6.32. The van der Waals surface area contributed by atoms with E-state index < -0.39 is 0 Å². The van der Waals surface area contributed by atoms with Gasteiger partial charge in [0.05, 0.1) is 11.4 Å². The van der Waals surface area contributed by atoms with Crippen LogP contribution in [0.2, 0.25) is 0 Å². The van der Waals surface area contributed by atoms with Gasteiger partial charge in [0.15, 0.2) is 4.96 Å². The Morgan fingerprint density at radius 1 is 1.56 bits per heavy atom. The van der Waals surface area contributed by atoms with Crippen molar-refractivity contribution in [1.29, 1.82) is 0 Å². The van der Waals surface area contributed by atoms with Gasteiger partial charge in [-0.15, -0.1) is 11.3 Å². The van der Waals surface area contributed by atoms with Crippen LogP contribution in [0.15, 0.2) is 11.6 Å². The lowest BCUT2D eigenvalue weighted by Gasteiger charge is -2.18. The number of hydrogen-bond donors (Lipinski definition) is 1. The minimum atomic E-state index is 0.136. The Kier molecular flexibility index (Phi) is 1.85. The largest absolute Gasteiger partial charge is 0.330 e. The Balaban J connectivity index is 2.26. The molecule has 1 atom stereocenters. The SMILES string of the molecule is Cc1nc2sccn2c1C1(CN)CC1(C)C. The van der Waals surface area contributed by atoms with E-state index in [9.17, 15) is 0 Å². The lowest BCUT2D eigenvalue weighted by molar-refractivity contribution is 0.488. The summed E-state index contributed by atoms with van der Waals surface area (Å²) in [5.41, 5.74) is 8.94. The van der Waals surface area contributed by atoms with Crippen LogP contribution in [-0.4, -0.2) is 15.9 Å². The molecule has 2 aromatic rings. The van der Waals surface area contributed by atoms with Crippen molar-refractivity contribution in [3.05, 3.63) is 23.0 Å². The highest BCUT2D eigenvalue weighted by Crippen LogP contribution is 2.64. The number of imidazole rings is 1. The van der Waals surface area contributed by atoms with Gasteiger partial charge in [-0.05, 0) is 18.8 Å². The third-order valence-corrected chi connectivity index (χ3v) is 4.91. The molecule has 0 aliphatic heterocycles. The van der Waals surface area contributed by atoms with Crippen LogP contribution in [0.4, 0.5) is 0 Å². The molecule has 2 heterocycles. The average Bonchev–Trinajstić information content (AvgIpc) is 2.54. The third-order valence-electron chi connectivity index (χ3n) is 4.15. The van der Waals surface area contributed by atoms with Crippen molar-refractivity contribution in [3.8, 4) is 0 Å². The van der Waals surface area contributed by atoms with E-state index in [2.05, 4.69) is 41.7 Å². The van der Waals surface area contributed by atoms with Gasteiger partial charge in [-0.1, -0.05) is 13.8 Å². The Morgan fingerprint density at radius 3 is 2.81 bits per heavy atom. The van der Waals surface area contributed by atoms with Crippen LogP contribution in [0, 0.1) is 12.3 Å². The fourth-order valence-electron chi connectivity index (χ4n) is 3.03. The van der Waals surface area contributed by atoms with Crippen molar-refractivity contribution in [1.82, 2.24) is 9.38 Å². The van der Waals surface area contributed by atoms with Crippen molar-refractivity contribution < 1.29 is 0 Å².